The monoisotopic (exact) mass is 294 g/mol. The number of unbranched alkanes of at least 4 members (excludes halogenated alkanes) is 2. The second kappa shape index (κ2) is 7.86. The predicted octanol–water partition coefficient (Wildman–Crippen LogP) is 2.94. The van der Waals surface area contributed by atoms with E-state index in [0.29, 0.717) is 25.9 Å². The number of halogens is 3. The molecule has 1 aliphatic carbocycles. The van der Waals surface area contributed by atoms with Gasteiger partial charge in [-0.2, -0.15) is 13.2 Å². The molecule has 0 aromatic heterocycles. The molecule has 0 aromatic carbocycles. The molecule has 1 amide bonds. The summed E-state index contributed by atoms with van der Waals surface area (Å²) in [7, 11) is 1.68. The largest absolute Gasteiger partial charge is 0.391 e. The van der Waals surface area contributed by atoms with Gasteiger partial charge in [-0.25, -0.2) is 0 Å². The standard InChI is InChI=1S/C14H25F3N2O/c1-19(9-4-2-3-8-18)13(20)11-6-5-7-12(10-11)14(15,16)17/h11-12H,2-10,18H2,1H3. The van der Waals surface area contributed by atoms with E-state index in [-0.39, 0.29) is 18.7 Å². The highest BCUT2D eigenvalue weighted by Crippen LogP contribution is 2.40. The first-order chi connectivity index (χ1) is 9.36. The van der Waals surface area contributed by atoms with Crippen molar-refractivity contribution in [2.24, 2.45) is 17.6 Å². The van der Waals surface area contributed by atoms with Crippen LogP contribution >= 0.6 is 0 Å². The Labute approximate surface area is 118 Å². The number of carbonyl (C=O) groups is 1. The van der Waals surface area contributed by atoms with Crippen LogP contribution in [-0.4, -0.2) is 37.1 Å². The van der Waals surface area contributed by atoms with E-state index in [0.717, 1.165) is 19.3 Å². The Hall–Kier alpha value is -0.780. The minimum atomic E-state index is -4.17. The molecule has 0 bridgehead atoms. The molecular formula is C14H25F3N2O. The van der Waals surface area contributed by atoms with Gasteiger partial charge < -0.3 is 10.6 Å². The maximum Gasteiger partial charge on any atom is 0.391 e. The van der Waals surface area contributed by atoms with Gasteiger partial charge in [-0.3, -0.25) is 4.79 Å². The van der Waals surface area contributed by atoms with Crippen LogP contribution in [0.3, 0.4) is 0 Å². The molecule has 2 N–H and O–H groups in total. The maximum atomic E-state index is 12.7. The molecule has 2 atom stereocenters. The van der Waals surface area contributed by atoms with E-state index in [9.17, 15) is 18.0 Å². The SMILES string of the molecule is CN(CCCCCN)C(=O)C1CCCC(C(F)(F)F)C1. The van der Waals surface area contributed by atoms with Crippen molar-refractivity contribution in [1.29, 1.82) is 0 Å². The van der Waals surface area contributed by atoms with Gasteiger partial charge in [0.15, 0.2) is 0 Å². The van der Waals surface area contributed by atoms with Crippen LogP contribution in [-0.2, 0) is 4.79 Å². The van der Waals surface area contributed by atoms with Gasteiger partial charge in [-0.1, -0.05) is 12.8 Å². The van der Waals surface area contributed by atoms with E-state index in [1.54, 1.807) is 11.9 Å². The third-order valence-electron chi connectivity index (χ3n) is 4.06. The number of alkyl halides is 3. The first-order valence-corrected chi connectivity index (χ1v) is 7.38. The molecule has 0 heterocycles. The van der Waals surface area contributed by atoms with Crippen molar-refractivity contribution in [3.05, 3.63) is 0 Å². The summed E-state index contributed by atoms with van der Waals surface area (Å²) in [6, 6.07) is 0. The van der Waals surface area contributed by atoms with Gasteiger partial charge in [-0.05, 0) is 38.6 Å². The summed E-state index contributed by atoms with van der Waals surface area (Å²) < 4.78 is 38.2. The predicted molar refractivity (Wildman–Crippen MR) is 72.0 cm³/mol. The van der Waals surface area contributed by atoms with Crippen molar-refractivity contribution in [2.75, 3.05) is 20.1 Å². The van der Waals surface area contributed by atoms with E-state index < -0.39 is 18.0 Å². The van der Waals surface area contributed by atoms with Gasteiger partial charge in [0.25, 0.3) is 0 Å². The molecule has 0 radical (unpaired) electrons. The first-order valence-electron chi connectivity index (χ1n) is 7.38. The normalized spacial score (nSPS) is 23.6. The molecule has 1 rings (SSSR count). The van der Waals surface area contributed by atoms with E-state index in [1.807, 2.05) is 0 Å². The van der Waals surface area contributed by atoms with Crippen molar-refractivity contribution in [1.82, 2.24) is 4.90 Å². The van der Waals surface area contributed by atoms with Crippen molar-refractivity contribution in [3.8, 4) is 0 Å². The average Bonchev–Trinajstić information content (AvgIpc) is 2.42. The van der Waals surface area contributed by atoms with Crippen LogP contribution < -0.4 is 5.73 Å². The molecule has 3 nitrogen and oxygen atoms in total. The summed E-state index contributed by atoms with van der Waals surface area (Å²) in [5, 5.41) is 0. The zero-order chi connectivity index (χ0) is 15.2. The molecule has 20 heavy (non-hydrogen) atoms. The Morgan fingerprint density at radius 3 is 2.55 bits per heavy atom. The lowest BCUT2D eigenvalue weighted by Gasteiger charge is -2.32. The van der Waals surface area contributed by atoms with Gasteiger partial charge in [0, 0.05) is 19.5 Å². The van der Waals surface area contributed by atoms with Crippen molar-refractivity contribution in [2.45, 2.75) is 51.1 Å². The fourth-order valence-electron chi connectivity index (χ4n) is 2.80. The van der Waals surface area contributed by atoms with E-state index >= 15 is 0 Å². The fraction of sp³-hybridized carbons (Fsp3) is 0.929. The highest BCUT2D eigenvalue weighted by molar-refractivity contribution is 5.78. The van der Waals surface area contributed by atoms with E-state index in [1.165, 1.54) is 0 Å². The molecule has 118 valence electrons. The Bertz CT molecular complexity index is 307. The van der Waals surface area contributed by atoms with Gasteiger partial charge >= 0.3 is 6.18 Å². The highest BCUT2D eigenvalue weighted by atomic mass is 19.4. The molecule has 6 heteroatoms. The molecule has 0 spiro atoms. The summed E-state index contributed by atoms with van der Waals surface area (Å²) >= 11 is 0. The summed E-state index contributed by atoms with van der Waals surface area (Å²) in [4.78, 5) is 13.8. The molecular weight excluding hydrogens is 269 g/mol. The lowest BCUT2D eigenvalue weighted by atomic mass is 9.80. The Kier molecular flexibility index (Phi) is 6.79. The molecule has 1 aliphatic rings. The second-order valence-corrected chi connectivity index (χ2v) is 5.71. The molecule has 2 unspecified atom stereocenters. The summed E-state index contributed by atoms with van der Waals surface area (Å²) in [6.07, 6.45) is -0.262. The number of hydrogen-bond acceptors (Lipinski definition) is 2. The Balaban J connectivity index is 2.41. The molecule has 1 saturated carbocycles. The van der Waals surface area contributed by atoms with Crippen LogP contribution in [0.5, 0.6) is 0 Å². The number of nitrogens with two attached hydrogens (primary N) is 1. The van der Waals surface area contributed by atoms with Crippen molar-refractivity contribution < 1.29 is 18.0 Å². The number of hydrogen-bond donors (Lipinski definition) is 1. The number of amides is 1. The minimum absolute atomic E-state index is 0.0462. The van der Waals surface area contributed by atoms with Crippen LogP contribution in [0.1, 0.15) is 44.9 Å². The molecule has 0 aliphatic heterocycles. The highest BCUT2D eigenvalue weighted by Gasteiger charge is 2.43. The third kappa shape index (κ3) is 5.31. The van der Waals surface area contributed by atoms with Gasteiger partial charge in [0.2, 0.25) is 5.91 Å². The molecule has 0 saturated heterocycles. The maximum absolute atomic E-state index is 12.7. The molecule has 0 aromatic rings. The zero-order valence-corrected chi connectivity index (χ0v) is 12.1. The summed E-state index contributed by atoms with van der Waals surface area (Å²) in [5.74, 6) is -1.91. The van der Waals surface area contributed by atoms with Crippen LogP contribution in [0.4, 0.5) is 13.2 Å². The third-order valence-corrected chi connectivity index (χ3v) is 4.06. The lowest BCUT2D eigenvalue weighted by Crippen LogP contribution is -2.38. The van der Waals surface area contributed by atoms with Crippen molar-refractivity contribution >= 4 is 5.91 Å². The first kappa shape index (κ1) is 17.3. The smallest absolute Gasteiger partial charge is 0.346 e. The van der Waals surface area contributed by atoms with E-state index in [4.69, 9.17) is 5.73 Å². The summed E-state index contributed by atoms with van der Waals surface area (Å²) in [6.45, 7) is 1.24. The fourth-order valence-corrected chi connectivity index (χ4v) is 2.80. The quantitative estimate of drug-likeness (QED) is 0.766. The van der Waals surface area contributed by atoms with Gasteiger partial charge in [-0.15, -0.1) is 0 Å². The number of nitrogens with zero attached hydrogens (tertiary/aromatic N) is 1. The van der Waals surface area contributed by atoms with E-state index in [2.05, 4.69) is 0 Å². The van der Waals surface area contributed by atoms with Crippen LogP contribution in [0.15, 0.2) is 0 Å². The zero-order valence-electron chi connectivity index (χ0n) is 12.1. The van der Waals surface area contributed by atoms with Crippen LogP contribution in [0, 0.1) is 11.8 Å². The molecule has 1 fully saturated rings. The average molecular weight is 294 g/mol. The summed E-state index contributed by atoms with van der Waals surface area (Å²) in [5.41, 5.74) is 5.39. The Morgan fingerprint density at radius 1 is 1.25 bits per heavy atom. The van der Waals surface area contributed by atoms with Crippen molar-refractivity contribution in [3.63, 3.8) is 0 Å². The van der Waals surface area contributed by atoms with Gasteiger partial charge in [0.1, 0.15) is 0 Å². The van der Waals surface area contributed by atoms with Crippen LogP contribution in [0.25, 0.3) is 0 Å². The van der Waals surface area contributed by atoms with Gasteiger partial charge in [0.05, 0.1) is 5.92 Å². The topological polar surface area (TPSA) is 46.3 Å². The van der Waals surface area contributed by atoms with Crippen LogP contribution in [0.2, 0.25) is 0 Å². The Morgan fingerprint density at radius 2 is 1.95 bits per heavy atom. The lowest BCUT2D eigenvalue weighted by molar-refractivity contribution is -0.187. The number of carbonyl (C=O) groups excluding carboxylic acids is 1. The second-order valence-electron chi connectivity index (χ2n) is 5.71. The minimum Gasteiger partial charge on any atom is -0.346 e. The number of rotatable bonds is 6.